The second-order valence-electron chi connectivity index (χ2n) is 5.39. The molecule has 0 atom stereocenters. The minimum Gasteiger partial charge on any atom is -0.380 e. The van der Waals surface area contributed by atoms with Gasteiger partial charge in [0.2, 0.25) is 0 Å². The maximum Gasteiger partial charge on any atom is 0.0593 e. The van der Waals surface area contributed by atoms with Crippen molar-refractivity contribution in [3.63, 3.8) is 0 Å². The Bertz CT molecular complexity index is 200. The number of hydrogen-bond donors (Lipinski definition) is 1. The second kappa shape index (κ2) is 7.34. The summed E-state index contributed by atoms with van der Waals surface area (Å²) >= 11 is 0. The molecule has 0 spiro atoms. The molecule has 0 unspecified atom stereocenters. The molecule has 0 radical (unpaired) electrons. The summed E-state index contributed by atoms with van der Waals surface area (Å²) in [6.07, 6.45) is 5.15. The third-order valence-electron chi connectivity index (χ3n) is 4.35. The minimum absolute atomic E-state index is 0.248. The first kappa shape index (κ1) is 14.9. The van der Waals surface area contributed by atoms with Gasteiger partial charge in [-0.1, -0.05) is 13.8 Å². The predicted molar refractivity (Wildman–Crippen MR) is 73.2 cm³/mol. The standard InChI is InChI=1S/C14H30N2O/c1-4-16(10-11-17-5-2)14(12-15)8-6-13(3)7-9-14/h13H,4-12,15H2,1-3H3. The van der Waals surface area contributed by atoms with E-state index in [0.29, 0.717) is 0 Å². The molecule has 102 valence electrons. The zero-order valence-electron chi connectivity index (χ0n) is 11.9. The second-order valence-corrected chi connectivity index (χ2v) is 5.39. The summed E-state index contributed by atoms with van der Waals surface area (Å²) in [5.41, 5.74) is 6.33. The van der Waals surface area contributed by atoms with Crippen LogP contribution in [0.25, 0.3) is 0 Å². The van der Waals surface area contributed by atoms with Gasteiger partial charge < -0.3 is 10.5 Å². The summed E-state index contributed by atoms with van der Waals surface area (Å²) < 4.78 is 5.48. The highest BCUT2D eigenvalue weighted by Gasteiger charge is 2.37. The summed E-state index contributed by atoms with van der Waals surface area (Å²) in [5, 5.41) is 0. The first-order valence-corrected chi connectivity index (χ1v) is 7.21. The number of nitrogens with two attached hydrogens (primary N) is 1. The Labute approximate surface area is 107 Å². The lowest BCUT2D eigenvalue weighted by molar-refractivity contribution is 0.0213. The van der Waals surface area contributed by atoms with Crippen LogP contribution in [-0.2, 0) is 4.74 Å². The number of ether oxygens (including phenoxy) is 1. The van der Waals surface area contributed by atoms with E-state index in [4.69, 9.17) is 10.5 Å². The van der Waals surface area contributed by atoms with Crippen LogP contribution >= 0.6 is 0 Å². The van der Waals surface area contributed by atoms with Gasteiger partial charge in [0, 0.05) is 25.2 Å². The molecule has 1 aliphatic carbocycles. The van der Waals surface area contributed by atoms with E-state index in [1.807, 2.05) is 0 Å². The molecule has 3 nitrogen and oxygen atoms in total. The van der Waals surface area contributed by atoms with Crippen molar-refractivity contribution < 1.29 is 4.74 Å². The van der Waals surface area contributed by atoms with E-state index in [0.717, 1.165) is 38.8 Å². The summed E-state index contributed by atoms with van der Waals surface area (Å²) in [7, 11) is 0. The van der Waals surface area contributed by atoms with E-state index in [-0.39, 0.29) is 5.54 Å². The molecule has 0 heterocycles. The molecule has 2 N–H and O–H groups in total. The van der Waals surface area contributed by atoms with Crippen molar-refractivity contribution in [2.45, 2.75) is 52.0 Å². The fourth-order valence-electron chi connectivity index (χ4n) is 3.00. The Morgan fingerprint density at radius 1 is 1.29 bits per heavy atom. The minimum atomic E-state index is 0.248. The molecule has 0 aliphatic heterocycles. The summed E-state index contributed by atoms with van der Waals surface area (Å²) in [4.78, 5) is 2.55. The fraction of sp³-hybridized carbons (Fsp3) is 1.00. The monoisotopic (exact) mass is 242 g/mol. The van der Waals surface area contributed by atoms with Crippen LogP contribution in [0.3, 0.4) is 0 Å². The van der Waals surface area contributed by atoms with Gasteiger partial charge in [0.25, 0.3) is 0 Å². The van der Waals surface area contributed by atoms with Gasteiger partial charge in [0.1, 0.15) is 0 Å². The van der Waals surface area contributed by atoms with E-state index in [1.165, 1.54) is 25.7 Å². The van der Waals surface area contributed by atoms with Crippen molar-refractivity contribution >= 4 is 0 Å². The fourth-order valence-corrected chi connectivity index (χ4v) is 3.00. The van der Waals surface area contributed by atoms with Crippen LogP contribution in [0.1, 0.15) is 46.5 Å². The van der Waals surface area contributed by atoms with Crippen molar-refractivity contribution in [3.05, 3.63) is 0 Å². The number of nitrogens with zero attached hydrogens (tertiary/aromatic N) is 1. The molecular weight excluding hydrogens is 212 g/mol. The van der Waals surface area contributed by atoms with E-state index in [9.17, 15) is 0 Å². The summed E-state index contributed by atoms with van der Waals surface area (Å²) in [6, 6.07) is 0. The molecule has 1 rings (SSSR count). The average Bonchev–Trinajstić information content (AvgIpc) is 2.37. The number of likely N-dealkylation sites (N-methyl/N-ethyl adjacent to an activating group) is 1. The maximum absolute atomic E-state index is 6.08. The Hall–Kier alpha value is -0.120. The van der Waals surface area contributed by atoms with Crippen LogP contribution in [0.15, 0.2) is 0 Å². The molecule has 1 saturated carbocycles. The highest BCUT2D eigenvalue weighted by atomic mass is 16.5. The molecule has 17 heavy (non-hydrogen) atoms. The zero-order chi connectivity index (χ0) is 12.7. The lowest BCUT2D eigenvalue weighted by atomic mass is 9.76. The molecule has 0 aromatic carbocycles. The van der Waals surface area contributed by atoms with Gasteiger partial charge in [-0.25, -0.2) is 0 Å². The van der Waals surface area contributed by atoms with Gasteiger partial charge in [-0.15, -0.1) is 0 Å². The van der Waals surface area contributed by atoms with Crippen LogP contribution in [0.5, 0.6) is 0 Å². The van der Waals surface area contributed by atoms with Crippen LogP contribution in [0.2, 0.25) is 0 Å². The molecule has 0 aromatic rings. The smallest absolute Gasteiger partial charge is 0.0593 e. The largest absolute Gasteiger partial charge is 0.380 e. The van der Waals surface area contributed by atoms with E-state index in [1.54, 1.807) is 0 Å². The number of rotatable bonds is 7. The normalized spacial score (nSPS) is 29.8. The van der Waals surface area contributed by atoms with Crippen molar-refractivity contribution in [3.8, 4) is 0 Å². The van der Waals surface area contributed by atoms with Crippen LogP contribution in [0.4, 0.5) is 0 Å². The van der Waals surface area contributed by atoms with Crippen LogP contribution in [0, 0.1) is 5.92 Å². The van der Waals surface area contributed by atoms with E-state index in [2.05, 4.69) is 25.7 Å². The SMILES string of the molecule is CCOCCN(CC)C1(CN)CCC(C)CC1. The molecule has 1 fully saturated rings. The molecule has 0 amide bonds. The third kappa shape index (κ3) is 3.94. The molecule has 0 saturated heterocycles. The predicted octanol–water partition coefficient (Wildman–Crippen LogP) is 2.25. The number of hydrogen-bond acceptors (Lipinski definition) is 3. The Kier molecular flexibility index (Phi) is 6.45. The Morgan fingerprint density at radius 2 is 1.94 bits per heavy atom. The van der Waals surface area contributed by atoms with Crippen molar-refractivity contribution in [1.29, 1.82) is 0 Å². The van der Waals surface area contributed by atoms with Crippen LogP contribution < -0.4 is 5.73 Å². The van der Waals surface area contributed by atoms with Crippen molar-refractivity contribution in [2.75, 3.05) is 32.8 Å². The van der Waals surface area contributed by atoms with Gasteiger partial charge in [0.15, 0.2) is 0 Å². The summed E-state index contributed by atoms with van der Waals surface area (Å²) in [6.45, 7) is 11.2. The third-order valence-corrected chi connectivity index (χ3v) is 4.35. The summed E-state index contributed by atoms with van der Waals surface area (Å²) in [5.74, 6) is 0.875. The molecule has 0 aromatic heterocycles. The first-order chi connectivity index (χ1) is 8.18. The van der Waals surface area contributed by atoms with Crippen molar-refractivity contribution in [1.82, 2.24) is 4.90 Å². The molecular formula is C14H30N2O. The molecule has 0 bridgehead atoms. The van der Waals surface area contributed by atoms with Gasteiger partial charge in [-0.05, 0) is 45.1 Å². The van der Waals surface area contributed by atoms with Gasteiger partial charge in [-0.2, -0.15) is 0 Å². The Balaban J connectivity index is 2.55. The lowest BCUT2D eigenvalue weighted by Gasteiger charge is -2.47. The first-order valence-electron chi connectivity index (χ1n) is 7.21. The Morgan fingerprint density at radius 3 is 2.41 bits per heavy atom. The topological polar surface area (TPSA) is 38.5 Å². The van der Waals surface area contributed by atoms with Gasteiger partial charge in [0.05, 0.1) is 6.61 Å². The zero-order valence-corrected chi connectivity index (χ0v) is 11.9. The molecule has 1 aliphatic rings. The van der Waals surface area contributed by atoms with Gasteiger partial charge >= 0.3 is 0 Å². The van der Waals surface area contributed by atoms with E-state index < -0.39 is 0 Å². The van der Waals surface area contributed by atoms with E-state index >= 15 is 0 Å². The highest BCUT2D eigenvalue weighted by molar-refractivity contribution is 4.95. The van der Waals surface area contributed by atoms with Crippen LogP contribution in [-0.4, -0.2) is 43.3 Å². The highest BCUT2D eigenvalue weighted by Crippen LogP contribution is 2.35. The quantitative estimate of drug-likeness (QED) is 0.696. The molecule has 3 heteroatoms. The maximum atomic E-state index is 6.08. The van der Waals surface area contributed by atoms with Crippen molar-refractivity contribution in [2.24, 2.45) is 11.7 Å². The van der Waals surface area contributed by atoms with Gasteiger partial charge in [-0.3, -0.25) is 4.90 Å². The average molecular weight is 242 g/mol. The lowest BCUT2D eigenvalue weighted by Crippen LogP contribution is -2.56.